The van der Waals surface area contributed by atoms with E-state index in [2.05, 4.69) is 15.6 Å². The molecule has 2 heterocycles. The van der Waals surface area contributed by atoms with Gasteiger partial charge in [-0.3, -0.25) is 10.1 Å². The van der Waals surface area contributed by atoms with Crippen molar-refractivity contribution in [3.63, 3.8) is 0 Å². The third-order valence-corrected chi connectivity index (χ3v) is 4.67. The third kappa shape index (κ3) is 5.94. The summed E-state index contributed by atoms with van der Waals surface area (Å²) in [4.78, 5) is 31.7. The number of aromatic nitrogens is 1. The van der Waals surface area contributed by atoms with E-state index < -0.39 is 12.1 Å². The Hall–Kier alpha value is -3.09. The van der Waals surface area contributed by atoms with Crippen LogP contribution in [0.25, 0.3) is 0 Å². The van der Waals surface area contributed by atoms with Crippen LogP contribution in [0.3, 0.4) is 0 Å². The molecule has 29 heavy (non-hydrogen) atoms. The Kier molecular flexibility index (Phi) is 7.05. The van der Waals surface area contributed by atoms with Crippen molar-refractivity contribution in [2.45, 2.75) is 45.3 Å². The van der Waals surface area contributed by atoms with Crippen LogP contribution in [0.1, 0.15) is 32.3 Å². The zero-order valence-corrected chi connectivity index (χ0v) is 16.9. The van der Waals surface area contributed by atoms with Crippen molar-refractivity contribution >= 4 is 17.8 Å². The molecule has 2 N–H and O–H groups in total. The fourth-order valence-electron chi connectivity index (χ4n) is 3.34. The highest BCUT2D eigenvalue weighted by Crippen LogP contribution is 2.22. The number of urea groups is 1. The zero-order chi connectivity index (χ0) is 20.6. The third-order valence-electron chi connectivity index (χ3n) is 4.67. The van der Waals surface area contributed by atoms with Gasteiger partial charge in [0.1, 0.15) is 6.04 Å². The minimum atomic E-state index is -0.645. The molecule has 1 fully saturated rings. The Bertz CT molecular complexity index is 820. The molecule has 0 bridgehead atoms. The SMILES string of the molecule is CC(C)Oc1cccnc1NC(=O)NC(Cc1ccccc1)C(=O)N1CCCC1. The highest BCUT2D eigenvalue weighted by atomic mass is 16.5. The fraction of sp³-hybridized carbons (Fsp3) is 0.409. The first-order valence-corrected chi connectivity index (χ1v) is 10.0. The molecule has 1 saturated heterocycles. The van der Waals surface area contributed by atoms with E-state index in [1.165, 1.54) is 0 Å². The van der Waals surface area contributed by atoms with Crippen molar-refractivity contribution in [2.75, 3.05) is 18.4 Å². The number of rotatable bonds is 7. The molecule has 0 saturated carbocycles. The van der Waals surface area contributed by atoms with E-state index >= 15 is 0 Å². The average Bonchev–Trinajstić information content (AvgIpc) is 3.24. The lowest BCUT2D eigenvalue weighted by Gasteiger charge is -2.24. The number of ether oxygens (including phenoxy) is 1. The number of amides is 3. The predicted molar refractivity (Wildman–Crippen MR) is 112 cm³/mol. The Morgan fingerprint density at radius 2 is 1.83 bits per heavy atom. The van der Waals surface area contributed by atoms with Crippen LogP contribution in [0.2, 0.25) is 0 Å². The summed E-state index contributed by atoms with van der Waals surface area (Å²) in [6, 6.07) is 12.1. The summed E-state index contributed by atoms with van der Waals surface area (Å²) in [5, 5.41) is 5.56. The van der Waals surface area contributed by atoms with E-state index in [1.807, 2.05) is 49.1 Å². The van der Waals surface area contributed by atoms with Crippen molar-refractivity contribution in [2.24, 2.45) is 0 Å². The number of nitrogens with zero attached hydrogens (tertiary/aromatic N) is 2. The number of carbonyl (C=O) groups is 2. The number of nitrogens with one attached hydrogen (secondary N) is 2. The van der Waals surface area contributed by atoms with Crippen LogP contribution < -0.4 is 15.4 Å². The summed E-state index contributed by atoms with van der Waals surface area (Å²) in [5.41, 5.74) is 0.993. The maximum atomic E-state index is 13.0. The largest absolute Gasteiger partial charge is 0.487 e. The van der Waals surface area contributed by atoms with Gasteiger partial charge in [0.15, 0.2) is 11.6 Å². The number of anilines is 1. The van der Waals surface area contributed by atoms with Crippen molar-refractivity contribution in [1.29, 1.82) is 0 Å². The summed E-state index contributed by atoms with van der Waals surface area (Å²) < 4.78 is 5.70. The summed E-state index contributed by atoms with van der Waals surface area (Å²) >= 11 is 0. The molecule has 1 aromatic heterocycles. The molecule has 7 nitrogen and oxygen atoms in total. The van der Waals surface area contributed by atoms with E-state index in [0.29, 0.717) is 18.0 Å². The van der Waals surface area contributed by atoms with Crippen molar-refractivity contribution in [3.05, 3.63) is 54.2 Å². The summed E-state index contributed by atoms with van der Waals surface area (Å²) in [5.74, 6) is 0.759. The van der Waals surface area contributed by atoms with E-state index in [1.54, 1.807) is 18.3 Å². The van der Waals surface area contributed by atoms with Crippen LogP contribution in [0.4, 0.5) is 10.6 Å². The quantitative estimate of drug-likeness (QED) is 0.753. The number of carbonyl (C=O) groups excluding carboxylic acids is 2. The predicted octanol–water partition coefficient (Wildman–Crippen LogP) is 3.22. The van der Waals surface area contributed by atoms with Crippen LogP contribution in [0, 0.1) is 0 Å². The maximum absolute atomic E-state index is 13.0. The molecule has 1 atom stereocenters. The summed E-state index contributed by atoms with van der Waals surface area (Å²) in [7, 11) is 0. The topological polar surface area (TPSA) is 83.6 Å². The van der Waals surface area contributed by atoms with Crippen molar-refractivity contribution < 1.29 is 14.3 Å². The second-order valence-electron chi connectivity index (χ2n) is 7.39. The molecule has 1 unspecified atom stereocenters. The normalized spacial score (nSPS) is 14.5. The van der Waals surface area contributed by atoms with Crippen molar-refractivity contribution in [3.8, 4) is 5.75 Å². The molecule has 1 aromatic carbocycles. The standard InChI is InChI=1S/C22H28N4O3/c1-16(2)29-19-11-8-12-23-20(19)25-22(28)24-18(15-17-9-4-3-5-10-17)21(27)26-13-6-7-14-26/h3-5,8-12,16,18H,6-7,13-15H2,1-2H3,(H2,23,24,25,28). The van der Waals surface area contributed by atoms with E-state index in [0.717, 1.165) is 31.5 Å². The molecule has 3 amide bonds. The van der Waals surface area contributed by atoms with Gasteiger partial charge in [-0.1, -0.05) is 30.3 Å². The molecule has 0 spiro atoms. The van der Waals surface area contributed by atoms with Crippen LogP contribution >= 0.6 is 0 Å². The first-order valence-electron chi connectivity index (χ1n) is 10.0. The summed E-state index contributed by atoms with van der Waals surface area (Å²) in [6.45, 7) is 5.28. The molecular formula is C22H28N4O3. The minimum absolute atomic E-state index is 0.0506. The second kappa shape index (κ2) is 9.91. The molecular weight excluding hydrogens is 368 g/mol. The number of pyridine rings is 1. The highest BCUT2D eigenvalue weighted by molar-refractivity contribution is 5.94. The van der Waals surface area contributed by atoms with Crippen LogP contribution in [-0.4, -0.2) is 47.1 Å². The molecule has 154 valence electrons. The molecule has 3 rings (SSSR count). The van der Waals surface area contributed by atoms with Gasteiger partial charge in [-0.2, -0.15) is 0 Å². The molecule has 1 aliphatic heterocycles. The molecule has 0 radical (unpaired) electrons. The number of likely N-dealkylation sites (tertiary alicyclic amines) is 1. The molecule has 7 heteroatoms. The van der Waals surface area contributed by atoms with Gasteiger partial charge in [-0.05, 0) is 44.4 Å². The van der Waals surface area contributed by atoms with Gasteiger partial charge in [0.25, 0.3) is 0 Å². The summed E-state index contributed by atoms with van der Waals surface area (Å²) in [6.07, 6.45) is 3.96. The monoisotopic (exact) mass is 396 g/mol. The number of benzene rings is 1. The Morgan fingerprint density at radius 3 is 2.52 bits per heavy atom. The zero-order valence-electron chi connectivity index (χ0n) is 16.9. The number of hydrogen-bond acceptors (Lipinski definition) is 4. The van der Waals surface area contributed by atoms with E-state index in [-0.39, 0.29) is 12.0 Å². The fourth-order valence-corrected chi connectivity index (χ4v) is 3.34. The van der Waals surface area contributed by atoms with Gasteiger partial charge in [-0.25, -0.2) is 9.78 Å². The van der Waals surface area contributed by atoms with Gasteiger partial charge < -0.3 is 15.0 Å². The van der Waals surface area contributed by atoms with E-state index in [4.69, 9.17) is 4.74 Å². The molecule has 1 aliphatic rings. The van der Waals surface area contributed by atoms with Crippen LogP contribution in [0.15, 0.2) is 48.7 Å². The lowest BCUT2D eigenvalue weighted by molar-refractivity contribution is -0.132. The lowest BCUT2D eigenvalue weighted by atomic mass is 10.0. The van der Waals surface area contributed by atoms with Gasteiger partial charge in [-0.15, -0.1) is 0 Å². The van der Waals surface area contributed by atoms with Gasteiger partial charge >= 0.3 is 6.03 Å². The van der Waals surface area contributed by atoms with Crippen molar-refractivity contribution in [1.82, 2.24) is 15.2 Å². The highest BCUT2D eigenvalue weighted by Gasteiger charge is 2.28. The average molecular weight is 396 g/mol. The van der Waals surface area contributed by atoms with Crippen LogP contribution in [-0.2, 0) is 11.2 Å². The molecule has 0 aliphatic carbocycles. The van der Waals surface area contributed by atoms with Gasteiger partial charge in [0.2, 0.25) is 5.91 Å². The Balaban J connectivity index is 1.71. The first kappa shape index (κ1) is 20.6. The Labute approximate surface area is 171 Å². The van der Waals surface area contributed by atoms with Gasteiger partial charge in [0.05, 0.1) is 6.10 Å². The second-order valence-corrected chi connectivity index (χ2v) is 7.39. The smallest absolute Gasteiger partial charge is 0.321 e. The first-order chi connectivity index (χ1) is 14.0. The Morgan fingerprint density at radius 1 is 1.10 bits per heavy atom. The minimum Gasteiger partial charge on any atom is -0.487 e. The molecule has 2 aromatic rings. The van der Waals surface area contributed by atoms with Crippen LogP contribution in [0.5, 0.6) is 5.75 Å². The van der Waals surface area contributed by atoms with E-state index in [9.17, 15) is 9.59 Å². The lowest BCUT2D eigenvalue weighted by Crippen LogP contribution is -2.50. The number of hydrogen-bond donors (Lipinski definition) is 2. The van der Waals surface area contributed by atoms with Gasteiger partial charge in [0, 0.05) is 25.7 Å². The maximum Gasteiger partial charge on any atom is 0.321 e.